The molecule has 98 valence electrons. The molecule has 0 aliphatic heterocycles. The molecule has 18 heavy (non-hydrogen) atoms. The Labute approximate surface area is 113 Å². The van der Waals surface area contributed by atoms with Gasteiger partial charge in [-0.1, -0.05) is 30.5 Å². The first-order valence-electron chi connectivity index (χ1n) is 6.41. The van der Waals surface area contributed by atoms with Crippen LogP contribution in [0.1, 0.15) is 31.2 Å². The Morgan fingerprint density at radius 1 is 1.22 bits per heavy atom. The average molecular weight is 263 g/mol. The van der Waals surface area contributed by atoms with E-state index in [2.05, 4.69) is 36.2 Å². The van der Waals surface area contributed by atoms with Crippen molar-refractivity contribution in [2.75, 3.05) is 6.54 Å². The lowest BCUT2D eigenvalue weighted by Crippen LogP contribution is -2.29. The topological polar surface area (TPSA) is 64.4 Å². The van der Waals surface area contributed by atoms with Gasteiger partial charge in [0.05, 0.1) is 6.54 Å². The van der Waals surface area contributed by atoms with Gasteiger partial charge < -0.3 is 11.5 Å². The van der Waals surface area contributed by atoms with E-state index in [1.54, 1.807) is 0 Å². The Morgan fingerprint density at radius 3 is 2.39 bits per heavy atom. The van der Waals surface area contributed by atoms with Crippen LogP contribution >= 0.6 is 11.8 Å². The van der Waals surface area contributed by atoms with E-state index in [9.17, 15) is 0 Å². The number of benzene rings is 1. The highest BCUT2D eigenvalue weighted by Crippen LogP contribution is 2.45. The van der Waals surface area contributed by atoms with Crippen LogP contribution < -0.4 is 11.5 Å². The summed E-state index contributed by atoms with van der Waals surface area (Å²) >= 11 is 1.93. The first-order valence-corrected chi connectivity index (χ1v) is 7.22. The van der Waals surface area contributed by atoms with Crippen LogP contribution in [0.3, 0.4) is 0 Å². The van der Waals surface area contributed by atoms with Gasteiger partial charge in [-0.25, -0.2) is 0 Å². The second kappa shape index (κ2) is 5.65. The van der Waals surface area contributed by atoms with Gasteiger partial charge in [-0.2, -0.15) is 0 Å². The highest BCUT2D eigenvalue weighted by Gasteiger charge is 2.34. The summed E-state index contributed by atoms with van der Waals surface area (Å²) in [5, 5.41) is 0. The van der Waals surface area contributed by atoms with E-state index in [0.717, 1.165) is 6.54 Å². The largest absolute Gasteiger partial charge is 0.370 e. The molecular weight excluding hydrogens is 242 g/mol. The number of nitrogens with zero attached hydrogens (tertiary/aromatic N) is 1. The molecule has 4 heteroatoms. The summed E-state index contributed by atoms with van der Waals surface area (Å²) in [4.78, 5) is 5.56. The van der Waals surface area contributed by atoms with Crippen molar-refractivity contribution in [3.8, 4) is 0 Å². The van der Waals surface area contributed by atoms with Crippen molar-refractivity contribution in [1.82, 2.24) is 0 Å². The van der Waals surface area contributed by atoms with Gasteiger partial charge in [0.1, 0.15) is 0 Å². The number of hydrogen-bond donors (Lipinski definition) is 2. The number of nitrogens with two attached hydrogens (primary N) is 2. The fourth-order valence-corrected chi connectivity index (χ4v) is 3.80. The lowest BCUT2D eigenvalue weighted by molar-refractivity contribution is 0.619. The quantitative estimate of drug-likeness (QED) is 0.648. The Hall–Kier alpha value is -1.16. The van der Waals surface area contributed by atoms with Crippen molar-refractivity contribution in [2.45, 2.75) is 42.2 Å². The first kappa shape index (κ1) is 13.3. The maximum atomic E-state index is 5.46. The molecule has 3 nitrogen and oxygen atoms in total. The summed E-state index contributed by atoms with van der Waals surface area (Å²) < 4.78 is 0.194. The lowest BCUT2D eigenvalue weighted by atomic mass is 10.1. The summed E-state index contributed by atoms with van der Waals surface area (Å²) in [6.45, 7) is 2.84. The van der Waals surface area contributed by atoms with Gasteiger partial charge in [-0.3, -0.25) is 4.99 Å². The fraction of sp³-hybridized carbons (Fsp3) is 0.500. The highest BCUT2D eigenvalue weighted by molar-refractivity contribution is 8.00. The van der Waals surface area contributed by atoms with Crippen molar-refractivity contribution >= 4 is 17.7 Å². The Bertz CT molecular complexity index is 415. The summed E-state index contributed by atoms with van der Waals surface area (Å²) in [5.41, 5.74) is 12.2. The van der Waals surface area contributed by atoms with Crippen molar-refractivity contribution in [3.05, 3.63) is 29.8 Å². The van der Waals surface area contributed by atoms with Crippen molar-refractivity contribution in [1.29, 1.82) is 0 Å². The maximum absolute atomic E-state index is 5.46. The second-order valence-electron chi connectivity index (χ2n) is 5.05. The van der Waals surface area contributed by atoms with Crippen molar-refractivity contribution < 1.29 is 0 Å². The number of aliphatic imine (C=N–C) groups is 1. The molecule has 1 aromatic carbocycles. The molecule has 0 spiro atoms. The minimum atomic E-state index is 0.194. The molecule has 0 atom stereocenters. The molecule has 1 fully saturated rings. The molecule has 0 bridgehead atoms. The molecule has 1 aliphatic rings. The Balaban J connectivity index is 2.10. The van der Waals surface area contributed by atoms with Gasteiger partial charge >= 0.3 is 0 Å². The third kappa shape index (κ3) is 3.42. The van der Waals surface area contributed by atoms with Crippen LogP contribution in [0.2, 0.25) is 0 Å². The molecule has 0 amide bonds. The van der Waals surface area contributed by atoms with E-state index in [1.807, 2.05) is 11.8 Å². The molecule has 1 aromatic rings. The van der Waals surface area contributed by atoms with E-state index < -0.39 is 0 Å². The third-order valence-electron chi connectivity index (χ3n) is 3.42. The number of hydrogen-bond acceptors (Lipinski definition) is 2. The van der Waals surface area contributed by atoms with Crippen LogP contribution in [0, 0.1) is 6.92 Å². The van der Waals surface area contributed by atoms with Crippen molar-refractivity contribution in [2.24, 2.45) is 16.5 Å². The van der Waals surface area contributed by atoms with Crippen LogP contribution in [0.4, 0.5) is 0 Å². The normalized spacial score (nSPS) is 17.6. The van der Waals surface area contributed by atoms with Gasteiger partial charge in [-0.15, -0.1) is 11.8 Å². The molecule has 0 heterocycles. The van der Waals surface area contributed by atoms with E-state index >= 15 is 0 Å². The van der Waals surface area contributed by atoms with Crippen LogP contribution in [0.25, 0.3) is 0 Å². The molecular formula is C14H21N3S. The maximum Gasteiger partial charge on any atom is 0.185 e. The zero-order valence-corrected chi connectivity index (χ0v) is 11.7. The predicted molar refractivity (Wildman–Crippen MR) is 78.9 cm³/mol. The molecule has 1 saturated carbocycles. The van der Waals surface area contributed by atoms with Gasteiger partial charge in [0.15, 0.2) is 5.96 Å². The fourth-order valence-electron chi connectivity index (χ4n) is 2.40. The smallest absolute Gasteiger partial charge is 0.185 e. The van der Waals surface area contributed by atoms with Crippen LogP contribution in [-0.4, -0.2) is 17.3 Å². The molecule has 0 aromatic heterocycles. The van der Waals surface area contributed by atoms with E-state index in [4.69, 9.17) is 11.5 Å². The number of guanidine groups is 1. The third-order valence-corrected chi connectivity index (χ3v) is 4.90. The molecule has 1 aliphatic carbocycles. The van der Waals surface area contributed by atoms with Gasteiger partial charge in [0.25, 0.3) is 0 Å². The van der Waals surface area contributed by atoms with Gasteiger partial charge in [0.2, 0.25) is 0 Å². The first-order chi connectivity index (χ1) is 8.60. The molecule has 4 N–H and O–H groups in total. The SMILES string of the molecule is Cc1ccc(SC2(CN=C(N)N)CCCC2)cc1. The summed E-state index contributed by atoms with van der Waals surface area (Å²) in [6.07, 6.45) is 4.95. The Morgan fingerprint density at radius 2 is 1.83 bits per heavy atom. The van der Waals surface area contributed by atoms with E-state index in [0.29, 0.717) is 0 Å². The van der Waals surface area contributed by atoms with Gasteiger partial charge in [0, 0.05) is 9.64 Å². The van der Waals surface area contributed by atoms with E-state index in [-0.39, 0.29) is 10.7 Å². The van der Waals surface area contributed by atoms with E-state index in [1.165, 1.54) is 36.1 Å². The average Bonchev–Trinajstić information content (AvgIpc) is 2.79. The molecule has 0 saturated heterocycles. The van der Waals surface area contributed by atoms with Crippen LogP contribution in [0.5, 0.6) is 0 Å². The summed E-state index contributed by atoms with van der Waals surface area (Å²) in [7, 11) is 0. The van der Waals surface area contributed by atoms with Crippen LogP contribution in [0.15, 0.2) is 34.2 Å². The lowest BCUT2D eigenvalue weighted by Gasteiger charge is -2.26. The monoisotopic (exact) mass is 263 g/mol. The molecule has 2 rings (SSSR count). The van der Waals surface area contributed by atoms with Gasteiger partial charge in [-0.05, 0) is 31.9 Å². The number of aryl methyl sites for hydroxylation is 1. The number of rotatable bonds is 4. The molecule has 0 unspecified atom stereocenters. The summed E-state index contributed by atoms with van der Waals surface area (Å²) in [5.74, 6) is 0.200. The minimum absolute atomic E-state index is 0.194. The predicted octanol–water partition coefficient (Wildman–Crippen LogP) is 2.67. The Kier molecular flexibility index (Phi) is 4.17. The highest BCUT2D eigenvalue weighted by atomic mass is 32.2. The van der Waals surface area contributed by atoms with Crippen LogP contribution in [-0.2, 0) is 0 Å². The standard InChI is InChI=1S/C14H21N3S/c1-11-4-6-12(7-5-11)18-14(8-2-3-9-14)10-17-13(15)16/h4-7H,2-3,8-10H2,1H3,(H4,15,16,17). The molecule has 0 radical (unpaired) electrons. The minimum Gasteiger partial charge on any atom is -0.370 e. The summed E-state index contributed by atoms with van der Waals surface area (Å²) in [6, 6.07) is 8.70. The zero-order chi connectivity index (χ0) is 13.0. The number of thioether (sulfide) groups is 1. The second-order valence-corrected chi connectivity index (χ2v) is 6.59. The van der Waals surface area contributed by atoms with Crippen molar-refractivity contribution in [3.63, 3.8) is 0 Å². The zero-order valence-electron chi connectivity index (χ0n) is 10.9.